The van der Waals surface area contributed by atoms with Crippen LogP contribution in [0, 0.1) is 0 Å². The topological polar surface area (TPSA) is 32.3 Å². The Hall–Kier alpha value is -0.340. The standard InChI is InChI=1S/C7H15NO/c1-5(2)7(9)6(3)8-4/h6-9H,1H2,2-4H3. The molecule has 0 aliphatic heterocycles. The number of likely N-dealkylation sites (N-methyl/N-ethyl adjacent to an activating group) is 1. The second-order valence-corrected chi connectivity index (χ2v) is 2.37. The quantitative estimate of drug-likeness (QED) is 0.545. The number of nitrogens with one attached hydrogen (secondary N) is 1. The molecule has 2 unspecified atom stereocenters. The first-order valence-electron chi connectivity index (χ1n) is 3.10. The van der Waals surface area contributed by atoms with E-state index in [1.165, 1.54) is 0 Å². The molecule has 54 valence electrons. The van der Waals surface area contributed by atoms with Gasteiger partial charge >= 0.3 is 0 Å². The largest absolute Gasteiger partial charge is 0.387 e. The van der Waals surface area contributed by atoms with Crippen molar-refractivity contribution in [2.45, 2.75) is 26.0 Å². The van der Waals surface area contributed by atoms with E-state index in [9.17, 15) is 5.11 Å². The van der Waals surface area contributed by atoms with Gasteiger partial charge in [-0.1, -0.05) is 12.2 Å². The molecule has 2 atom stereocenters. The Labute approximate surface area is 56.6 Å². The first kappa shape index (κ1) is 8.66. The molecule has 9 heavy (non-hydrogen) atoms. The van der Waals surface area contributed by atoms with E-state index in [2.05, 4.69) is 11.9 Å². The van der Waals surface area contributed by atoms with E-state index in [0.29, 0.717) is 0 Å². The lowest BCUT2D eigenvalue weighted by Gasteiger charge is -2.17. The molecule has 2 N–H and O–H groups in total. The Balaban J connectivity index is 3.72. The summed E-state index contributed by atoms with van der Waals surface area (Å²) in [6, 6.07) is 0.0995. The molecule has 0 radical (unpaired) electrons. The van der Waals surface area contributed by atoms with Crippen molar-refractivity contribution in [1.82, 2.24) is 5.32 Å². The van der Waals surface area contributed by atoms with Gasteiger partial charge in [0.05, 0.1) is 6.10 Å². The van der Waals surface area contributed by atoms with Crippen LogP contribution in [-0.2, 0) is 0 Å². The van der Waals surface area contributed by atoms with Crippen LogP contribution in [0.4, 0.5) is 0 Å². The lowest BCUT2D eigenvalue weighted by atomic mass is 10.1. The van der Waals surface area contributed by atoms with E-state index in [4.69, 9.17) is 0 Å². The fourth-order valence-corrected chi connectivity index (χ4v) is 0.585. The van der Waals surface area contributed by atoms with Gasteiger partial charge < -0.3 is 10.4 Å². The number of aliphatic hydroxyl groups is 1. The molecule has 0 aromatic carbocycles. The first-order chi connectivity index (χ1) is 4.09. The first-order valence-corrected chi connectivity index (χ1v) is 3.10. The van der Waals surface area contributed by atoms with Gasteiger partial charge in [-0.2, -0.15) is 0 Å². The van der Waals surface area contributed by atoms with Gasteiger partial charge in [-0.25, -0.2) is 0 Å². The van der Waals surface area contributed by atoms with E-state index in [1.807, 2.05) is 20.9 Å². The third-order valence-electron chi connectivity index (χ3n) is 1.43. The molecule has 0 fully saturated rings. The number of hydrogen-bond acceptors (Lipinski definition) is 2. The zero-order valence-electron chi connectivity index (χ0n) is 6.31. The van der Waals surface area contributed by atoms with Crippen molar-refractivity contribution >= 4 is 0 Å². The number of aliphatic hydroxyl groups excluding tert-OH is 1. The normalized spacial score (nSPS) is 16.9. The summed E-state index contributed by atoms with van der Waals surface area (Å²) in [5.74, 6) is 0. The van der Waals surface area contributed by atoms with E-state index in [1.54, 1.807) is 0 Å². The summed E-state index contributed by atoms with van der Waals surface area (Å²) in [6.45, 7) is 7.37. The van der Waals surface area contributed by atoms with Crippen LogP contribution in [0.25, 0.3) is 0 Å². The van der Waals surface area contributed by atoms with Gasteiger partial charge in [0, 0.05) is 6.04 Å². The maximum Gasteiger partial charge on any atom is 0.0894 e. The van der Waals surface area contributed by atoms with Crippen molar-refractivity contribution in [3.05, 3.63) is 12.2 Å². The molecule has 0 rings (SSSR count). The Morgan fingerprint density at radius 2 is 2.11 bits per heavy atom. The molecule has 0 saturated carbocycles. The minimum absolute atomic E-state index is 0.0995. The van der Waals surface area contributed by atoms with Crippen molar-refractivity contribution < 1.29 is 5.11 Å². The average Bonchev–Trinajstić information content (AvgIpc) is 1.84. The molecule has 0 spiro atoms. The van der Waals surface area contributed by atoms with Gasteiger partial charge in [-0.05, 0) is 20.9 Å². The molecule has 0 aliphatic rings. The summed E-state index contributed by atoms with van der Waals surface area (Å²) >= 11 is 0. The zero-order valence-corrected chi connectivity index (χ0v) is 6.31. The highest BCUT2D eigenvalue weighted by Crippen LogP contribution is 2.01. The molecule has 2 heteroatoms. The average molecular weight is 129 g/mol. The molecule has 0 aromatic heterocycles. The van der Waals surface area contributed by atoms with E-state index in [0.717, 1.165) is 5.57 Å². The third-order valence-corrected chi connectivity index (χ3v) is 1.43. The van der Waals surface area contributed by atoms with Crippen molar-refractivity contribution in [3.8, 4) is 0 Å². The van der Waals surface area contributed by atoms with Crippen molar-refractivity contribution in [1.29, 1.82) is 0 Å². The van der Waals surface area contributed by atoms with Crippen LogP contribution < -0.4 is 5.32 Å². The van der Waals surface area contributed by atoms with Crippen LogP contribution in [-0.4, -0.2) is 24.3 Å². The van der Waals surface area contributed by atoms with Gasteiger partial charge in [0.2, 0.25) is 0 Å². The predicted molar refractivity (Wildman–Crippen MR) is 39.3 cm³/mol. The smallest absolute Gasteiger partial charge is 0.0894 e. The molecule has 0 heterocycles. The van der Waals surface area contributed by atoms with Crippen LogP contribution in [0.1, 0.15) is 13.8 Å². The molecule has 0 aliphatic carbocycles. The van der Waals surface area contributed by atoms with Crippen LogP contribution in [0.2, 0.25) is 0 Å². The fraction of sp³-hybridized carbons (Fsp3) is 0.714. The third kappa shape index (κ3) is 2.63. The number of rotatable bonds is 3. The Morgan fingerprint density at radius 3 is 2.22 bits per heavy atom. The lowest BCUT2D eigenvalue weighted by molar-refractivity contribution is 0.173. The maximum absolute atomic E-state index is 9.23. The molecule has 2 nitrogen and oxygen atoms in total. The van der Waals surface area contributed by atoms with E-state index in [-0.39, 0.29) is 6.04 Å². The number of hydrogen-bond donors (Lipinski definition) is 2. The molecule has 0 bridgehead atoms. The molecule has 0 aromatic rings. The SMILES string of the molecule is C=C(C)C(O)C(C)NC. The Kier molecular flexibility index (Phi) is 3.50. The summed E-state index contributed by atoms with van der Waals surface area (Å²) in [7, 11) is 1.82. The highest BCUT2D eigenvalue weighted by Gasteiger charge is 2.10. The zero-order chi connectivity index (χ0) is 7.44. The van der Waals surface area contributed by atoms with Gasteiger partial charge in [0.15, 0.2) is 0 Å². The fourth-order valence-electron chi connectivity index (χ4n) is 0.585. The summed E-state index contributed by atoms with van der Waals surface area (Å²) in [4.78, 5) is 0. The maximum atomic E-state index is 9.23. The minimum atomic E-state index is -0.421. The lowest BCUT2D eigenvalue weighted by Crippen LogP contribution is -2.35. The molecular formula is C7H15NO. The van der Waals surface area contributed by atoms with Crippen LogP contribution in [0.3, 0.4) is 0 Å². The van der Waals surface area contributed by atoms with Gasteiger partial charge in [-0.3, -0.25) is 0 Å². The molecule has 0 saturated heterocycles. The summed E-state index contributed by atoms with van der Waals surface area (Å²) in [5, 5.41) is 12.2. The predicted octanol–water partition coefficient (Wildman–Crippen LogP) is 0.531. The second-order valence-electron chi connectivity index (χ2n) is 2.37. The van der Waals surface area contributed by atoms with Crippen molar-refractivity contribution in [2.75, 3.05) is 7.05 Å². The Bertz CT molecular complexity index is 101. The second kappa shape index (κ2) is 3.64. The summed E-state index contributed by atoms with van der Waals surface area (Å²) in [6.07, 6.45) is -0.421. The summed E-state index contributed by atoms with van der Waals surface area (Å²) < 4.78 is 0. The molecular weight excluding hydrogens is 114 g/mol. The van der Waals surface area contributed by atoms with Crippen molar-refractivity contribution in [3.63, 3.8) is 0 Å². The highest BCUT2D eigenvalue weighted by molar-refractivity contribution is 5.00. The highest BCUT2D eigenvalue weighted by atomic mass is 16.3. The van der Waals surface area contributed by atoms with Gasteiger partial charge in [-0.15, -0.1) is 0 Å². The van der Waals surface area contributed by atoms with Crippen molar-refractivity contribution in [2.24, 2.45) is 0 Å². The van der Waals surface area contributed by atoms with Crippen LogP contribution in [0.5, 0.6) is 0 Å². The van der Waals surface area contributed by atoms with Crippen LogP contribution >= 0.6 is 0 Å². The Morgan fingerprint density at radius 1 is 1.67 bits per heavy atom. The van der Waals surface area contributed by atoms with E-state index < -0.39 is 6.10 Å². The van der Waals surface area contributed by atoms with Gasteiger partial charge in [0.25, 0.3) is 0 Å². The minimum Gasteiger partial charge on any atom is -0.387 e. The van der Waals surface area contributed by atoms with E-state index >= 15 is 0 Å². The summed E-state index contributed by atoms with van der Waals surface area (Å²) in [5.41, 5.74) is 0.803. The molecule has 0 amide bonds. The monoisotopic (exact) mass is 129 g/mol. The van der Waals surface area contributed by atoms with Gasteiger partial charge in [0.1, 0.15) is 0 Å². The van der Waals surface area contributed by atoms with Crippen LogP contribution in [0.15, 0.2) is 12.2 Å².